The predicted octanol–water partition coefficient (Wildman–Crippen LogP) is 2.80. The van der Waals surface area contributed by atoms with Crippen LogP contribution in [0.3, 0.4) is 0 Å². The molecule has 84 valence electrons. The number of nitrogens with two attached hydrogens (primary N) is 1. The van der Waals surface area contributed by atoms with Crippen molar-refractivity contribution in [1.29, 1.82) is 0 Å². The molecule has 2 N–H and O–H groups in total. The number of ether oxygens (including phenoxy) is 1. The van der Waals surface area contributed by atoms with Crippen LogP contribution in [0.5, 0.6) is 5.75 Å². The summed E-state index contributed by atoms with van der Waals surface area (Å²) in [4.78, 5) is 0. The average molecular weight is 228 g/mol. The van der Waals surface area contributed by atoms with Gasteiger partial charge >= 0.3 is 0 Å². The smallest absolute Gasteiger partial charge is 0.123 e. The molecule has 1 aromatic carbocycles. The molecule has 1 rings (SSSR count). The fraction of sp³-hybridized carbons (Fsp3) is 0.500. The number of halogens is 1. The van der Waals surface area contributed by atoms with Crippen LogP contribution in [0.1, 0.15) is 24.5 Å². The van der Waals surface area contributed by atoms with Gasteiger partial charge in [0.25, 0.3) is 0 Å². The van der Waals surface area contributed by atoms with Crippen LogP contribution in [0.4, 0.5) is 0 Å². The minimum atomic E-state index is 0.706. The minimum Gasteiger partial charge on any atom is -0.496 e. The Morgan fingerprint density at radius 3 is 2.67 bits per heavy atom. The first-order chi connectivity index (χ1) is 7.22. The van der Waals surface area contributed by atoms with E-state index in [2.05, 4.69) is 6.92 Å². The molecule has 1 aromatic rings. The fourth-order valence-electron chi connectivity index (χ4n) is 1.76. The normalized spacial score (nSPS) is 10.4. The topological polar surface area (TPSA) is 35.2 Å². The molecular weight excluding hydrogens is 210 g/mol. The molecule has 0 spiro atoms. The van der Waals surface area contributed by atoms with E-state index in [4.69, 9.17) is 22.1 Å². The molecule has 0 saturated carbocycles. The number of rotatable bonds is 5. The molecular formula is C12H18ClNO. The van der Waals surface area contributed by atoms with Crippen molar-refractivity contribution >= 4 is 11.6 Å². The molecule has 0 fully saturated rings. The third kappa shape index (κ3) is 3.11. The van der Waals surface area contributed by atoms with Crippen LogP contribution in [0, 0.1) is 0 Å². The van der Waals surface area contributed by atoms with Crippen LogP contribution in [0.15, 0.2) is 12.1 Å². The van der Waals surface area contributed by atoms with Crippen molar-refractivity contribution in [2.45, 2.75) is 26.2 Å². The molecule has 0 amide bonds. The van der Waals surface area contributed by atoms with Gasteiger partial charge in [0.2, 0.25) is 0 Å². The summed E-state index contributed by atoms with van der Waals surface area (Å²) in [6.45, 7) is 2.83. The summed E-state index contributed by atoms with van der Waals surface area (Å²) < 4.78 is 5.32. The molecule has 2 nitrogen and oxygen atoms in total. The first kappa shape index (κ1) is 12.3. The van der Waals surface area contributed by atoms with Gasteiger partial charge in [-0.2, -0.15) is 0 Å². The standard InChI is InChI=1S/C12H18ClNO/c1-3-11-9(5-4-6-14)7-10(13)8-12(11)15-2/h7-8H,3-6,14H2,1-2H3. The van der Waals surface area contributed by atoms with E-state index in [9.17, 15) is 0 Å². The molecule has 0 radical (unpaired) electrons. The summed E-state index contributed by atoms with van der Waals surface area (Å²) in [7, 11) is 1.68. The summed E-state index contributed by atoms with van der Waals surface area (Å²) in [6.07, 6.45) is 2.91. The zero-order valence-corrected chi connectivity index (χ0v) is 10.1. The van der Waals surface area contributed by atoms with Crippen molar-refractivity contribution < 1.29 is 4.74 Å². The number of hydrogen-bond donors (Lipinski definition) is 1. The maximum Gasteiger partial charge on any atom is 0.123 e. The Morgan fingerprint density at radius 1 is 1.40 bits per heavy atom. The summed E-state index contributed by atoms with van der Waals surface area (Å²) in [5, 5.41) is 0.732. The number of benzene rings is 1. The van der Waals surface area contributed by atoms with Gasteiger partial charge in [-0.1, -0.05) is 18.5 Å². The van der Waals surface area contributed by atoms with E-state index < -0.39 is 0 Å². The Balaban J connectivity index is 3.05. The van der Waals surface area contributed by atoms with Crippen LogP contribution in [0.2, 0.25) is 5.02 Å². The maximum atomic E-state index is 6.03. The van der Waals surface area contributed by atoms with E-state index in [-0.39, 0.29) is 0 Å². The van der Waals surface area contributed by atoms with E-state index in [0.29, 0.717) is 6.54 Å². The highest BCUT2D eigenvalue weighted by Crippen LogP contribution is 2.28. The fourth-order valence-corrected chi connectivity index (χ4v) is 2.00. The van der Waals surface area contributed by atoms with Crippen LogP contribution >= 0.6 is 11.6 Å². The summed E-state index contributed by atoms with van der Waals surface area (Å²) in [5.74, 6) is 0.886. The van der Waals surface area contributed by atoms with Crippen molar-refractivity contribution in [2.75, 3.05) is 13.7 Å². The number of aryl methyl sites for hydroxylation is 1. The minimum absolute atomic E-state index is 0.706. The first-order valence-corrected chi connectivity index (χ1v) is 5.66. The van der Waals surface area contributed by atoms with Crippen molar-refractivity contribution in [3.63, 3.8) is 0 Å². The van der Waals surface area contributed by atoms with Crippen LogP contribution in [-0.2, 0) is 12.8 Å². The van der Waals surface area contributed by atoms with Gasteiger partial charge in [0, 0.05) is 5.02 Å². The first-order valence-electron chi connectivity index (χ1n) is 5.28. The van der Waals surface area contributed by atoms with Gasteiger partial charge in [0.1, 0.15) is 5.75 Å². The molecule has 0 aliphatic heterocycles. The lowest BCUT2D eigenvalue weighted by atomic mass is 10.00. The van der Waals surface area contributed by atoms with E-state index in [1.807, 2.05) is 12.1 Å². The van der Waals surface area contributed by atoms with Gasteiger partial charge in [-0.15, -0.1) is 0 Å². The van der Waals surface area contributed by atoms with Crippen molar-refractivity contribution in [2.24, 2.45) is 5.73 Å². The second kappa shape index (κ2) is 5.99. The lowest BCUT2D eigenvalue weighted by Gasteiger charge is -2.13. The Morgan fingerprint density at radius 2 is 2.13 bits per heavy atom. The molecule has 0 unspecified atom stereocenters. The predicted molar refractivity (Wildman–Crippen MR) is 64.8 cm³/mol. The molecule has 15 heavy (non-hydrogen) atoms. The van der Waals surface area contributed by atoms with Crippen LogP contribution < -0.4 is 10.5 Å². The SMILES string of the molecule is CCc1c(CCCN)cc(Cl)cc1OC. The lowest BCUT2D eigenvalue weighted by molar-refractivity contribution is 0.409. The maximum absolute atomic E-state index is 6.03. The Labute approximate surface area is 96.4 Å². The third-order valence-corrected chi connectivity index (χ3v) is 2.71. The molecule has 3 heteroatoms. The Kier molecular flexibility index (Phi) is 4.92. The molecule has 0 bridgehead atoms. The van der Waals surface area contributed by atoms with Crippen molar-refractivity contribution in [3.8, 4) is 5.75 Å². The van der Waals surface area contributed by atoms with Gasteiger partial charge in [0.05, 0.1) is 7.11 Å². The van der Waals surface area contributed by atoms with Gasteiger partial charge < -0.3 is 10.5 Å². The molecule has 0 aromatic heterocycles. The number of methoxy groups -OCH3 is 1. The van der Waals surface area contributed by atoms with Crippen LogP contribution in [-0.4, -0.2) is 13.7 Å². The van der Waals surface area contributed by atoms with Gasteiger partial charge in [-0.3, -0.25) is 0 Å². The van der Waals surface area contributed by atoms with Gasteiger partial charge in [0.15, 0.2) is 0 Å². The second-order valence-electron chi connectivity index (χ2n) is 3.49. The van der Waals surface area contributed by atoms with Gasteiger partial charge in [-0.05, 0) is 49.1 Å². The van der Waals surface area contributed by atoms with E-state index >= 15 is 0 Å². The third-order valence-electron chi connectivity index (χ3n) is 2.49. The Hall–Kier alpha value is -0.730. The zero-order chi connectivity index (χ0) is 11.3. The molecule has 0 saturated heterocycles. The van der Waals surface area contributed by atoms with Crippen LogP contribution in [0.25, 0.3) is 0 Å². The quantitative estimate of drug-likeness (QED) is 0.840. The monoisotopic (exact) mass is 227 g/mol. The lowest BCUT2D eigenvalue weighted by Crippen LogP contribution is -2.03. The highest BCUT2D eigenvalue weighted by Gasteiger charge is 2.08. The second-order valence-corrected chi connectivity index (χ2v) is 3.93. The largest absolute Gasteiger partial charge is 0.496 e. The number of hydrogen-bond acceptors (Lipinski definition) is 2. The average Bonchev–Trinajstić information content (AvgIpc) is 2.25. The highest BCUT2D eigenvalue weighted by molar-refractivity contribution is 6.30. The van der Waals surface area contributed by atoms with E-state index in [1.54, 1.807) is 7.11 Å². The molecule has 0 aliphatic carbocycles. The zero-order valence-electron chi connectivity index (χ0n) is 9.35. The Bertz CT molecular complexity index is 326. The molecule has 0 aliphatic rings. The molecule has 0 heterocycles. The van der Waals surface area contributed by atoms with Gasteiger partial charge in [-0.25, -0.2) is 0 Å². The van der Waals surface area contributed by atoms with E-state index in [1.165, 1.54) is 11.1 Å². The summed E-state index contributed by atoms with van der Waals surface area (Å²) in [5.41, 5.74) is 8.01. The highest BCUT2D eigenvalue weighted by atomic mass is 35.5. The summed E-state index contributed by atoms with van der Waals surface area (Å²) in [6, 6.07) is 3.88. The molecule has 0 atom stereocenters. The van der Waals surface area contributed by atoms with E-state index in [0.717, 1.165) is 30.0 Å². The van der Waals surface area contributed by atoms with Crippen molar-refractivity contribution in [3.05, 3.63) is 28.3 Å². The summed E-state index contributed by atoms with van der Waals surface area (Å²) >= 11 is 6.03. The van der Waals surface area contributed by atoms with Crippen molar-refractivity contribution in [1.82, 2.24) is 0 Å².